The van der Waals surface area contributed by atoms with Crippen molar-refractivity contribution in [3.05, 3.63) is 66.4 Å². The van der Waals surface area contributed by atoms with Crippen LogP contribution in [0.2, 0.25) is 0 Å². The summed E-state index contributed by atoms with van der Waals surface area (Å²) in [5, 5.41) is 0.786. The van der Waals surface area contributed by atoms with Crippen LogP contribution < -0.4 is 9.46 Å². The lowest BCUT2D eigenvalue weighted by molar-refractivity contribution is 0.331. The molecule has 0 saturated carbocycles. The van der Waals surface area contributed by atoms with E-state index in [0.29, 0.717) is 18.0 Å². The van der Waals surface area contributed by atoms with Crippen LogP contribution in [-0.2, 0) is 10.0 Å². The number of ether oxygens (including phenoxy) is 1. The summed E-state index contributed by atoms with van der Waals surface area (Å²) >= 11 is 1.47. The third kappa shape index (κ3) is 3.94. The lowest BCUT2D eigenvalue weighted by atomic mass is 10.1. The minimum atomic E-state index is -3.82. The highest BCUT2D eigenvalue weighted by Gasteiger charge is 2.20. The van der Waals surface area contributed by atoms with Crippen LogP contribution >= 0.6 is 11.3 Å². The molecule has 0 saturated heterocycles. The number of anilines is 1. The van der Waals surface area contributed by atoms with E-state index in [0.717, 1.165) is 26.5 Å². The Bertz CT molecular complexity index is 1250. The van der Waals surface area contributed by atoms with Gasteiger partial charge in [0, 0.05) is 11.8 Å². The smallest absolute Gasteiger partial charge is 0.265 e. The van der Waals surface area contributed by atoms with Crippen LogP contribution in [0.5, 0.6) is 5.75 Å². The molecule has 0 fully saturated rings. The van der Waals surface area contributed by atoms with E-state index in [1.807, 2.05) is 38.1 Å². The number of aromatic nitrogens is 2. The van der Waals surface area contributed by atoms with Gasteiger partial charge in [0.2, 0.25) is 0 Å². The number of rotatable bonds is 6. The quantitative estimate of drug-likeness (QED) is 0.477. The van der Waals surface area contributed by atoms with Crippen molar-refractivity contribution in [1.82, 2.24) is 9.97 Å². The van der Waals surface area contributed by atoms with E-state index >= 15 is 0 Å². The molecule has 0 aliphatic carbocycles. The molecule has 4 rings (SSSR count). The molecule has 0 aliphatic rings. The van der Waals surface area contributed by atoms with Gasteiger partial charge in [-0.1, -0.05) is 35.6 Å². The summed E-state index contributed by atoms with van der Waals surface area (Å²) in [6.07, 6.45) is 1.73. The van der Waals surface area contributed by atoms with Gasteiger partial charge in [0.15, 0.2) is 0 Å². The first-order valence-electron chi connectivity index (χ1n) is 9.05. The van der Waals surface area contributed by atoms with Crippen molar-refractivity contribution in [2.45, 2.75) is 18.7 Å². The largest absolute Gasteiger partial charge is 0.492 e. The summed E-state index contributed by atoms with van der Waals surface area (Å²) in [6.45, 7) is 4.06. The monoisotopic (exact) mass is 425 g/mol. The minimum absolute atomic E-state index is 0.107. The van der Waals surface area contributed by atoms with Crippen LogP contribution in [0.1, 0.15) is 12.5 Å². The van der Waals surface area contributed by atoms with Gasteiger partial charge in [-0.05, 0) is 49.7 Å². The van der Waals surface area contributed by atoms with Crippen LogP contribution in [0.25, 0.3) is 20.9 Å². The maximum absolute atomic E-state index is 13.0. The zero-order valence-corrected chi connectivity index (χ0v) is 17.5. The van der Waals surface area contributed by atoms with E-state index in [2.05, 4.69) is 14.7 Å². The highest BCUT2D eigenvalue weighted by atomic mass is 32.2. The molecule has 148 valence electrons. The van der Waals surface area contributed by atoms with Crippen molar-refractivity contribution in [2.75, 3.05) is 11.3 Å². The normalized spacial score (nSPS) is 11.5. The Balaban J connectivity index is 1.71. The molecule has 0 aliphatic heterocycles. The molecule has 8 heteroatoms. The molecule has 4 aromatic rings. The fourth-order valence-corrected chi connectivity index (χ4v) is 5.08. The molecule has 0 amide bonds. The van der Waals surface area contributed by atoms with Gasteiger partial charge in [-0.2, -0.15) is 0 Å². The first-order chi connectivity index (χ1) is 14.0. The van der Waals surface area contributed by atoms with Crippen molar-refractivity contribution in [2.24, 2.45) is 0 Å². The first-order valence-corrected chi connectivity index (χ1v) is 11.3. The molecule has 29 heavy (non-hydrogen) atoms. The fraction of sp³-hybridized carbons (Fsp3) is 0.143. The van der Waals surface area contributed by atoms with Gasteiger partial charge in [-0.15, -0.1) is 0 Å². The van der Waals surface area contributed by atoms with Gasteiger partial charge in [0.25, 0.3) is 10.0 Å². The second-order valence-corrected chi connectivity index (χ2v) is 8.99. The number of sulfonamides is 1. The maximum atomic E-state index is 13.0. The zero-order valence-electron chi connectivity index (χ0n) is 15.9. The summed E-state index contributed by atoms with van der Waals surface area (Å²) in [7, 11) is -3.82. The van der Waals surface area contributed by atoms with Crippen LogP contribution in [-0.4, -0.2) is 25.0 Å². The number of aryl methyl sites for hydroxylation is 1. The highest BCUT2D eigenvalue weighted by molar-refractivity contribution is 7.92. The summed E-state index contributed by atoms with van der Waals surface area (Å²) in [4.78, 5) is 9.88. The number of benzene rings is 2. The number of pyridine rings is 1. The molecule has 2 aromatic heterocycles. The van der Waals surface area contributed by atoms with Crippen LogP contribution in [0.15, 0.2) is 65.7 Å². The molecule has 2 aromatic carbocycles. The second-order valence-electron chi connectivity index (χ2n) is 6.36. The van der Waals surface area contributed by atoms with E-state index in [9.17, 15) is 8.42 Å². The predicted octanol–water partition coefficient (Wildman–Crippen LogP) is 4.87. The van der Waals surface area contributed by atoms with Crippen molar-refractivity contribution in [1.29, 1.82) is 0 Å². The summed E-state index contributed by atoms with van der Waals surface area (Å²) in [6, 6.07) is 16.0. The molecule has 1 N–H and O–H groups in total. The topological polar surface area (TPSA) is 81.2 Å². The fourth-order valence-electron chi connectivity index (χ4n) is 2.90. The number of para-hydroxylation sites is 1. The third-order valence-corrected chi connectivity index (χ3v) is 6.77. The number of nitrogens with one attached hydrogen (secondary N) is 1. The standard InChI is InChI=1S/C21H19N3O3S2/c1-3-27-18-8-4-5-9-19(18)29(25,26)24-17-13-15(11-10-14(17)2)20-23-16-7-6-12-22-21(16)28-20/h4-13,24H,3H2,1-2H3. The van der Waals surface area contributed by atoms with Crippen molar-refractivity contribution in [3.63, 3.8) is 0 Å². The Labute approximate surface area is 173 Å². The summed E-state index contributed by atoms with van der Waals surface area (Å²) < 4.78 is 34.2. The number of nitrogens with zero attached hydrogens (tertiary/aromatic N) is 2. The Hall–Kier alpha value is -2.97. The predicted molar refractivity (Wildman–Crippen MR) is 116 cm³/mol. The molecule has 0 unspecified atom stereocenters. The Morgan fingerprint density at radius 3 is 2.72 bits per heavy atom. The van der Waals surface area contributed by atoms with Crippen LogP contribution in [0.4, 0.5) is 5.69 Å². The molecule has 0 bridgehead atoms. The lowest BCUT2D eigenvalue weighted by Gasteiger charge is -2.14. The van der Waals surface area contributed by atoms with Crippen molar-refractivity contribution < 1.29 is 13.2 Å². The molecular formula is C21H19N3O3S2. The molecule has 0 spiro atoms. The molecule has 0 atom stereocenters. The van der Waals surface area contributed by atoms with Gasteiger partial charge >= 0.3 is 0 Å². The average molecular weight is 426 g/mol. The Morgan fingerprint density at radius 1 is 1.10 bits per heavy atom. The van der Waals surface area contributed by atoms with Gasteiger partial charge in [0.05, 0.1) is 12.3 Å². The van der Waals surface area contributed by atoms with Crippen molar-refractivity contribution >= 4 is 37.4 Å². The Morgan fingerprint density at radius 2 is 1.93 bits per heavy atom. The van der Waals surface area contributed by atoms with E-state index in [1.165, 1.54) is 17.4 Å². The minimum Gasteiger partial charge on any atom is -0.492 e. The third-order valence-electron chi connectivity index (χ3n) is 4.33. The number of fused-ring (bicyclic) bond motifs is 1. The zero-order chi connectivity index (χ0) is 20.4. The van der Waals surface area contributed by atoms with Gasteiger partial charge < -0.3 is 4.74 Å². The lowest BCUT2D eigenvalue weighted by Crippen LogP contribution is -2.15. The first kappa shape index (κ1) is 19.4. The van der Waals surface area contributed by atoms with Gasteiger partial charge in [0.1, 0.15) is 26.0 Å². The van der Waals surface area contributed by atoms with E-state index in [4.69, 9.17) is 4.74 Å². The van der Waals surface area contributed by atoms with E-state index in [-0.39, 0.29) is 4.90 Å². The molecule has 6 nitrogen and oxygen atoms in total. The number of hydrogen-bond acceptors (Lipinski definition) is 6. The highest BCUT2D eigenvalue weighted by Crippen LogP contribution is 2.33. The molecule has 2 heterocycles. The molecule has 0 radical (unpaired) electrons. The number of thiazole rings is 1. The van der Waals surface area contributed by atoms with E-state index < -0.39 is 10.0 Å². The van der Waals surface area contributed by atoms with Gasteiger partial charge in [-0.3, -0.25) is 4.72 Å². The maximum Gasteiger partial charge on any atom is 0.265 e. The second kappa shape index (κ2) is 7.81. The molecular weight excluding hydrogens is 406 g/mol. The van der Waals surface area contributed by atoms with E-state index in [1.54, 1.807) is 30.5 Å². The SMILES string of the molecule is CCOc1ccccc1S(=O)(=O)Nc1cc(-c2nc3cccnc3s2)ccc1C. The van der Waals surface area contributed by atoms with Crippen molar-refractivity contribution in [3.8, 4) is 16.3 Å². The average Bonchev–Trinajstić information content (AvgIpc) is 3.14. The number of hydrogen-bond donors (Lipinski definition) is 1. The van der Waals surface area contributed by atoms with Crippen LogP contribution in [0.3, 0.4) is 0 Å². The van der Waals surface area contributed by atoms with Crippen LogP contribution in [0, 0.1) is 6.92 Å². The summed E-state index contributed by atoms with van der Waals surface area (Å²) in [5.74, 6) is 0.327. The summed E-state index contributed by atoms with van der Waals surface area (Å²) in [5.41, 5.74) is 2.96. The van der Waals surface area contributed by atoms with Gasteiger partial charge in [-0.25, -0.2) is 18.4 Å². The Kier molecular flexibility index (Phi) is 5.21.